The quantitative estimate of drug-likeness (QED) is 0.384. The molecule has 3 aromatic heterocycles. The van der Waals surface area contributed by atoms with Crippen LogP contribution in [-0.2, 0) is 11.3 Å². The van der Waals surface area contributed by atoms with Crippen molar-refractivity contribution < 1.29 is 9.32 Å². The number of aromatic nitrogens is 3. The van der Waals surface area contributed by atoms with Gasteiger partial charge >= 0.3 is 0 Å². The van der Waals surface area contributed by atoms with Gasteiger partial charge in [0.1, 0.15) is 11.4 Å². The van der Waals surface area contributed by atoms with Crippen molar-refractivity contribution in [1.82, 2.24) is 20.4 Å². The molecule has 0 fully saturated rings. The topological polar surface area (TPSA) is 132 Å². The summed E-state index contributed by atoms with van der Waals surface area (Å²) in [5.74, 6) is 5.36. The average molecular weight is 377 g/mol. The molecule has 0 bridgehead atoms. The lowest BCUT2D eigenvalue weighted by atomic mass is 10.2. The van der Waals surface area contributed by atoms with Crippen LogP contribution in [0.3, 0.4) is 0 Å². The van der Waals surface area contributed by atoms with E-state index in [-0.39, 0.29) is 12.3 Å². The minimum atomic E-state index is -0.480. The van der Waals surface area contributed by atoms with E-state index in [9.17, 15) is 4.79 Å². The standard InChI is InChI=1S/C19H19N7O2/c1-12-6-7-15(13(2)24-12)22-11-17(25-20)19(27)23-10-14-9-18(28-26-14)16-5-3-4-8-21-16/h3-9,11H,10,20H2,1-2H3,(H,23,27)/b22-11?,25-17+. The van der Waals surface area contributed by atoms with Gasteiger partial charge in [0.2, 0.25) is 0 Å². The molecule has 3 aromatic rings. The maximum absolute atomic E-state index is 12.3. The fourth-order valence-corrected chi connectivity index (χ4v) is 2.38. The summed E-state index contributed by atoms with van der Waals surface area (Å²) in [4.78, 5) is 25.0. The molecule has 9 heteroatoms. The molecule has 0 unspecified atom stereocenters. The first-order chi connectivity index (χ1) is 13.6. The first kappa shape index (κ1) is 18.9. The number of carbonyl (C=O) groups is 1. The summed E-state index contributed by atoms with van der Waals surface area (Å²) in [6.45, 7) is 3.87. The zero-order chi connectivity index (χ0) is 19.9. The number of nitrogens with zero attached hydrogens (tertiary/aromatic N) is 5. The van der Waals surface area contributed by atoms with E-state index in [4.69, 9.17) is 10.4 Å². The molecule has 0 atom stereocenters. The molecular formula is C19H19N7O2. The summed E-state index contributed by atoms with van der Waals surface area (Å²) in [5.41, 5.74) is 3.45. The van der Waals surface area contributed by atoms with E-state index in [0.717, 1.165) is 11.4 Å². The second-order valence-corrected chi connectivity index (χ2v) is 5.91. The Morgan fingerprint density at radius 2 is 2.14 bits per heavy atom. The third-order valence-corrected chi connectivity index (χ3v) is 3.80. The fraction of sp³-hybridized carbons (Fsp3) is 0.158. The number of nitrogens with two attached hydrogens (primary N) is 1. The first-order valence-corrected chi connectivity index (χ1v) is 8.48. The van der Waals surface area contributed by atoms with Gasteiger partial charge in [0, 0.05) is 18.0 Å². The second-order valence-electron chi connectivity index (χ2n) is 5.91. The predicted octanol–water partition coefficient (Wildman–Crippen LogP) is 2.08. The average Bonchev–Trinajstić information content (AvgIpc) is 3.18. The van der Waals surface area contributed by atoms with E-state index >= 15 is 0 Å². The van der Waals surface area contributed by atoms with Crippen molar-refractivity contribution in [3.05, 3.63) is 59.7 Å². The molecule has 0 spiro atoms. The molecule has 3 rings (SSSR count). The summed E-state index contributed by atoms with van der Waals surface area (Å²) in [7, 11) is 0. The molecule has 1 amide bonds. The maximum atomic E-state index is 12.3. The highest BCUT2D eigenvalue weighted by molar-refractivity contribution is 6.60. The Kier molecular flexibility index (Phi) is 5.85. The molecule has 3 N–H and O–H groups in total. The van der Waals surface area contributed by atoms with Crippen molar-refractivity contribution in [3.8, 4) is 11.5 Å². The van der Waals surface area contributed by atoms with Crippen LogP contribution in [0.2, 0.25) is 0 Å². The van der Waals surface area contributed by atoms with Crippen molar-refractivity contribution in [2.24, 2.45) is 15.9 Å². The molecule has 0 aliphatic heterocycles. The van der Waals surface area contributed by atoms with Gasteiger partial charge in [-0.15, -0.1) is 0 Å². The Bertz CT molecular complexity index is 1030. The van der Waals surface area contributed by atoms with Gasteiger partial charge in [0.05, 0.1) is 24.1 Å². The Morgan fingerprint density at radius 3 is 2.86 bits per heavy atom. The SMILES string of the molecule is Cc1ccc(N=C/C(=N\N)C(=O)NCc2cc(-c3ccccn3)on2)c(C)n1. The number of hydrazone groups is 1. The lowest BCUT2D eigenvalue weighted by molar-refractivity contribution is -0.114. The fourth-order valence-electron chi connectivity index (χ4n) is 2.38. The van der Waals surface area contributed by atoms with E-state index in [0.29, 0.717) is 22.8 Å². The van der Waals surface area contributed by atoms with Gasteiger partial charge < -0.3 is 15.7 Å². The lowest BCUT2D eigenvalue weighted by Gasteiger charge is -2.03. The van der Waals surface area contributed by atoms with E-state index < -0.39 is 5.91 Å². The Hall–Kier alpha value is -3.88. The van der Waals surface area contributed by atoms with Crippen LogP contribution in [-0.4, -0.2) is 33.0 Å². The molecule has 0 aliphatic carbocycles. The molecule has 0 radical (unpaired) electrons. The van der Waals surface area contributed by atoms with E-state index in [1.807, 2.05) is 38.1 Å². The summed E-state index contributed by atoms with van der Waals surface area (Å²) in [5, 5.41) is 10.1. The zero-order valence-electron chi connectivity index (χ0n) is 15.5. The molecule has 0 aromatic carbocycles. The third kappa shape index (κ3) is 4.64. The molecular weight excluding hydrogens is 358 g/mol. The normalized spacial score (nSPS) is 11.7. The number of amides is 1. The number of nitrogens with one attached hydrogen (secondary N) is 1. The predicted molar refractivity (Wildman–Crippen MR) is 105 cm³/mol. The van der Waals surface area contributed by atoms with E-state index in [2.05, 4.69) is 30.5 Å². The summed E-state index contributed by atoms with van der Waals surface area (Å²) in [6, 6.07) is 10.8. The summed E-state index contributed by atoms with van der Waals surface area (Å²) >= 11 is 0. The largest absolute Gasteiger partial charge is 0.354 e. The zero-order valence-corrected chi connectivity index (χ0v) is 15.5. The van der Waals surface area contributed by atoms with Crippen LogP contribution in [0.1, 0.15) is 17.1 Å². The second kappa shape index (κ2) is 8.67. The van der Waals surface area contributed by atoms with Gasteiger partial charge in [-0.25, -0.2) is 0 Å². The highest BCUT2D eigenvalue weighted by atomic mass is 16.5. The Labute approximate surface area is 161 Å². The van der Waals surface area contributed by atoms with Crippen LogP contribution in [0.25, 0.3) is 11.5 Å². The lowest BCUT2D eigenvalue weighted by Crippen LogP contribution is -2.32. The van der Waals surface area contributed by atoms with Crippen LogP contribution in [0.4, 0.5) is 5.69 Å². The van der Waals surface area contributed by atoms with Gasteiger partial charge in [-0.1, -0.05) is 11.2 Å². The summed E-state index contributed by atoms with van der Waals surface area (Å²) in [6.07, 6.45) is 2.96. The maximum Gasteiger partial charge on any atom is 0.273 e. The van der Waals surface area contributed by atoms with Crippen molar-refractivity contribution in [2.75, 3.05) is 0 Å². The highest BCUT2D eigenvalue weighted by Gasteiger charge is 2.12. The molecule has 142 valence electrons. The molecule has 3 heterocycles. The Balaban J connectivity index is 1.62. The van der Waals surface area contributed by atoms with Gasteiger partial charge in [0.25, 0.3) is 5.91 Å². The van der Waals surface area contributed by atoms with E-state index in [1.54, 1.807) is 18.3 Å². The monoisotopic (exact) mass is 377 g/mol. The van der Waals surface area contributed by atoms with Crippen molar-refractivity contribution >= 4 is 23.5 Å². The van der Waals surface area contributed by atoms with Gasteiger partial charge in [-0.2, -0.15) is 5.10 Å². The van der Waals surface area contributed by atoms with Gasteiger partial charge in [-0.05, 0) is 38.1 Å². The molecule has 0 aliphatic rings. The number of hydrogen-bond acceptors (Lipinski definition) is 8. The van der Waals surface area contributed by atoms with Gasteiger partial charge in [0.15, 0.2) is 11.5 Å². The number of hydrogen-bond donors (Lipinski definition) is 2. The number of pyridine rings is 2. The first-order valence-electron chi connectivity index (χ1n) is 8.48. The Morgan fingerprint density at radius 1 is 1.29 bits per heavy atom. The molecule has 28 heavy (non-hydrogen) atoms. The number of carbonyl (C=O) groups excluding carboxylic acids is 1. The van der Waals surface area contributed by atoms with Crippen LogP contribution in [0.5, 0.6) is 0 Å². The smallest absolute Gasteiger partial charge is 0.273 e. The number of rotatable bonds is 6. The van der Waals surface area contributed by atoms with Gasteiger partial charge in [-0.3, -0.25) is 19.8 Å². The molecule has 0 saturated heterocycles. The van der Waals surface area contributed by atoms with Crippen molar-refractivity contribution in [2.45, 2.75) is 20.4 Å². The summed E-state index contributed by atoms with van der Waals surface area (Å²) < 4.78 is 5.25. The highest BCUT2D eigenvalue weighted by Crippen LogP contribution is 2.17. The van der Waals surface area contributed by atoms with Crippen LogP contribution in [0.15, 0.2) is 57.2 Å². The van der Waals surface area contributed by atoms with E-state index in [1.165, 1.54) is 6.21 Å². The molecule has 0 saturated carbocycles. The van der Waals surface area contributed by atoms with Crippen LogP contribution in [0, 0.1) is 13.8 Å². The number of aryl methyl sites for hydroxylation is 2. The minimum absolute atomic E-state index is 0.0200. The van der Waals surface area contributed by atoms with Crippen molar-refractivity contribution in [3.63, 3.8) is 0 Å². The molecule has 9 nitrogen and oxygen atoms in total. The van der Waals surface area contributed by atoms with Crippen LogP contribution >= 0.6 is 0 Å². The van der Waals surface area contributed by atoms with Crippen molar-refractivity contribution in [1.29, 1.82) is 0 Å². The van der Waals surface area contributed by atoms with Crippen LogP contribution < -0.4 is 11.2 Å². The third-order valence-electron chi connectivity index (χ3n) is 3.80. The number of aliphatic imine (C=N–C) groups is 1. The minimum Gasteiger partial charge on any atom is -0.354 e.